The van der Waals surface area contributed by atoms with Crippen molar-refractivity contribution in [1.82, 2.24) is 5.32 Å². The third kappa shape index (κ3) is 4.76. The molecule has 2 aromatic heterocycles. The molecule has 0 saturated heterocycles. The summed E-state index contributed by atoms with van der Waals surface area (Å²) < 4.78 is 5.41. The summed E-state index contributed by atoms with van der Waals surface area (Å²) >= 11 is 2.93. The fourth-order valence-corrected chi connectivity index (χ4v) is 4.78. The van der Waals surface area contributed by atoms with Gasteiger partial charge < -0.3 is 15.4 Å². The predicted octanol–water partition coefficient (Wildman–Crippen LogP) is 3.94. The zero-order chi connectivity index (χ0) is 19.2. The Hall–Kier alpha value is -2.63. The second-order valence-corrected chi connectivity index (χ2v) is 8.04. The number of nitriles is 1. The van der Waals surface area contributed by atoms with E-state index in [1.807, 2.05) is 24.4 Å². The van der Waals surface area contributed by atoms with Crippen LogP contribution in [0.2, 0.25) is 0 Å². The van der Waals surface area contributed by atoms with Gasteiger partial charge in [0, 0.05) is 28.8 Å². The highest BCUT2D eigenvalue weighted by molar-refractivity contribution is 7.16. The van der Waals surface area contributed by atoms with Crippen LogP contribution in [-0.4, -0.2) is 24.6 Å². The van der Waals surface area contributed by atoms with E-state index in [-0.39, 0.29) is 12.0 Å². The highest BCUT2D eigenvalue weighted by Crippen LogP contribution is 2.38. The molecule has 140 valence electrons. The zero-order valence-electron chi connectivity index (χ0n) is 14.8. The topological polar surface area (TPSA) is 91.2 Å². The molecule has 6 nitrogen and oxygen atoms in total. The maximum atomic E-state index is 12.2. The molecule has 2 N–H and O–H groups in total. The first-order valence-corrected chi connectivity index (χ1v) is 10.3. The Morgan fingerprint density at radius 3 is 3.04 bits per heavy atom. The third-order valence-corrected chi connectivity index (χ3v) is 6.11. The van der Waals surface area contributed by atoms with E-state index in [1.54, 1.807) is 17.4 Å². The van der Waals surface area contributed by atoms with Gasteiger partial charge in [0.05, 0.1) is 5.56 Å². The van der Waals surface area contributed by atoms with E-state index < -0.39 is 6.09 Å². The number of carbonyl (C=O) groups excluding carboxylic acids is 2. The summed E-state index contributed by atoms with van der Waals surface area (Å²) in [6.45, 7) is 2.35. The van der Waals surface area contributed by atoms with Gasteiger partial charge >= 0.3 is 6.09 Å². The number of carbonyl (C=O) groups is 2. The molecule has 0 aliphatic heterocycles. The number of hydrogen-bond donors (Lipinski definition) is 2. The summed E-state index contributed by atoms with van der Waals surface area (Å²) in [7, 11) is 0. The number of alkyl carbamates (subject to hydrolysis) is 1. The molecular formula is C19H19N3O3S2. The normalized spacial score (nSPS) is 15.8. The number of rotatable bonds is 5. The van der Waals surface area contributed by atoms with Gasteiger partial charge in [-0.1, -0.05) is 6.07 Å². The highest BCUT2D eigenvalue weighted by atomic mass is 32.1. The number of fused-ring (bicyclic) bond motifs is 1. The molecule has 0 aromatic carbocycles. The van der Waals surface area contributed by atoms with Crippen molar-refractivity contribution in [2.24, 2.45) is 0 Å². The Morgan fingerprint density at radius 2 is 2.33 bits per heavy atom. The fraction of sp³-hybridized carbons (Fsp3) is 0.316. The molecule has 1 atom stereocenters. The largest absolute Gasteiger partial charge is 0.446 e. The Labute approximate surface area is 165 Å². The van der Waals surface area contributed by atoms with Gasteiger partial charge in [0.2, 0.25) is 5.91 Å². The van der Waals surface area contributed by atoms with Crippen molar-refractivity contribution < 1.29 is 14.3 Å². The van der Waals surface area contributed by atoms with E-state index in [0.717, 1.165) is 15.3 Å². The Bertz CT molecular complexity index is 894. The number of hydrogen-bond acceptors (Lipinski definition) is 6. The molecule has 1 aliphatic rings. The van der Waals surface area contributed by atoms with E-state index in [1.165, 1.54) is 17.4 Å². The molecule has 27 heavy (non-hydrogen) atoms. The van der Waals surface area contributed by atoms with Crippen molar-refractivity contribution in [2.45, 2.75) is 32.3 Å². The lowest BCUT2D eigenvalue weighted by atomic mass is 9.94. The second-order valence-electron chi connectivity index (χ2n) is 5.96. The summed E-state index contributed by atoms with van der Waals surface area (Å²) in [6, 6.07) is 6.05. The Balaban J connectivity index is 1.69. The van der Waals surface area contributed by atoms with Gasteiger partial charge in [-0.05, 0) is 42.9 Å². The average Bonchev–Trinajstić information content (AvgIpc) is 3.26. The summed E-state index contributed by atoms with van der Waals surface area (Å²) in [4.78, 5) is 25.8. The summed E-state index contributed by atoms with van der Waals surface area (Å²) in [5, 5.41) is 17.5. The van der Waals surface area contributed by atoms with Gasteiger partial charge in [-0.3, -0.25) is 4.79 Å². The molecule has 2 heterocycles. The van der Waals surface area contributed by atoms with Crippen LogP contribution in [0, 0.1) is 11.3 Å². The van der Waals surface area contributed by atoms with Crippen molar-refractivity contribution >= 4 is 45.8 Å². The van der Waals surface area contributed by atoms with Crippen LogP contribution in [0.15, 0.2) is 23.6 Å². The maximum Gasteiger partial charge on any atom is 0.407 e. The summed E-state index contributed by atoms with van der Waals surface area (Å²) in [6.07, 6.45) is 4.46. The first-order valence-electron chi connectivity index (χ1n) is 8.62. The van der Waals surface area contributed by atoms with Crippen molar-refractivity contribution in [3.8, 4) is 6.07 Å². The molecule has 3 rings (SSSR count). The first kappa shape index (κ1) is 19.1. The average molecular weight is 402 g/mol. The van der Waals surface area contributed by atoms with Crippen molar-refractivity contribution in [3.05, 3.63) is 44.5 Å². The molecule has 0 spiro atoms. The SMILES string of the molecule is CCNC(=O)OC1CCc2c(sc(NC(=O)C=Cc3cccs3)c2C#N)C1. The molecule has 0 radical (unpaired) electrons. The smallest absolute Gasteiger partial charge is 0.407 e. The molecule has 2 aromatic rings. The van der Waals surface area contributed by atoms with Gasteiger partial charge in [-0.2, -0.15) is 5.26 Å². The van der Waals surface area contributed by atoms with Gasteiger partial charge in [-0.25, -0.2) is 4.79 Å². The van der Waals surface area contributed by atoms with E-state index in [0.29, 0.717) is 36.4 Å². The Morgan fingerprint density at radius 1 is 1.48 bits per heavy atom. The summed E-state index contributed by atoms with van der Waals surface area (Å²) in [5.41, 5.74) is 1.47. The minimum atomic E-state index is -0.421. The number of ether oxygens (including phenoxy) is 1. The van der Waals surface area contributed by atoms with Crippen LogP contribution in [0.4, 0.5) is 9.80 Å². The van der Waals surface area contributed by atoms with Crippen LogP contribution in [-0.2, 0) is 22.4 Å². The molecule has 8 heteroatoms. The van der Waals surface area contributed by atoms with E-state index in [2.05, 4.69) is 16.7 Å². The second kappa shape index (κ2) is 8.84. The van der Waals surface area contributed by atoms with Crippen LogP contribution in [0.25, 0.3) is 6.08 Å². The molecule has 1 aliphatic carbocycles. The molecule has 2 amide bonds. The van der Waals surface area contributed by atoms with Crippen LogP contribution in [0.3, 0.4) is 0 Å². The van der Waals surface area contributed by atoms with Crippen LogP contribution >= 0.6 is 22.7 Å². The number of nitrogens with zero attached hydrogens (tertiary/aromatic N) is 1. The highest BCUT2D eigenvalue weighted by Gasteiger charge is 2.28. The van der Waals surface area contributed by atoms with Gasteiger partial charge in [0.25, 0.3) is 0 Å². The zero-order valence-corrected chi connectivity index (χ0v) is 16.4. The van der Waals surface area contributed by atoms with Gasteiger partial charge in [0.1, 0.15) is 17.2 Å². The number of nitrogens with one attached hydrogen (secondary N) is 2. The van der Waals surface area contributed by atoms with Crippen LogP contribution < -0.4 is 10.6 Å². The third-order valence-electron chi connectivity index (χ3n) is 4.11. The van der Waals surface area contributed by atoms with E-state index in [4.69, 9.17) is 4.74 Å². The predicted molar refractivity (Wildman–Crippen MR) is 107 cm³/mol. The van der Waals surface area contributed by atoms with Gasteiger partial charge in [-0.15, -0.1) is 22.7 Å². The number of amides is 2. The first-order chi connectivity index (χ1) is 13.1. The van der Waals surface area contributed by atoms with Crippen LogP contribution in [0.5, 0.6) is 0 Å². The number of thiophene rings is 2. The van der Waals surface area contributed by atoms with Crippen molar-refractivity contribution in [3.63, 3.8) is 0 Å². The fourth-order valence-electron chi connectivity index (χ4n) is 2.90. The molecule has 1 unspecified atom stereocenters. The standard InChI is InChI=1S/C19H19N3O3S2/c1-2-21-19(24)25-12-5-7-14-15(11-20)18(27-16(14)10-12)22-17(23)8-6-13-4-3-9-26-13/h3-4,6,8-9,12H,2,5,7,10H2,1H3,(H,21,24)(H,22,23). The summed E-state index contributed by atoms with van der Waals surface area (Å²) in [5.74, 6) is -0.270. The lowest BCUT2D eigenvalue weighted by Crippen LogP contribution is -2.31. The monoisotopic (exact) mass is 401 g/mol. The molecule has 0 saturated carbocycles. The van der Waals surface area contributed by atoms with Crippen molar-refractivity contribution in [2.75, 3.05) is 11.9 Å². The van der Waals surface area contributed by atoms with E-state index >= 15 is 0 Å². The minimum Gasteiger partial charge on any atom is -0.446 e. The molecule has 0 fully saturated rings. The maximum absolute atomic E-state index is 12.2. The lowest BCUT2D eigenvalue weighted by Gasteiger charge is -2.22. The lowest BCUT2D eigenvalue weighted by molar-refractivity contribution is -0.111. The van der Waals surface area contributed by atoms with Gasteiger partial charge in [0.15, 0.2) is 0 Å². The molecular weight excluding hydrogens is 382 g/mol. The van der Waals surface area contributed by atoms with E-state index in [9.17, 15) is 14.9 Å². The minimum absolute atomic E-state index is 0.212. The van der Waals surface area contributed by atoms with Crippen LogP contribution in [0.1, 0.15) is 34.2 Å². The quantitative estimate of drug-likeness (QED) is 0.743. The van der Waals surface area contributed by atoms with Crippen molar-refractivity contribution in [1.29, 1.82) is 5.26 Å². The Kier molecular flexibility index (Phi) is 6.27. The molecule has 0 bridgehead atoms. The number of anilines is 1.